The Kier molecular flexibility index (Phi) is 7.17. The zero-order valence-electron chi connectivity index (χ0n) is 19.4. The SMILES string of the molecule is CC[C@@H](CC(=O)N1CC(OC)C(C(=O)O)C1)NC(=O)OCC1c2ccccc2-c2ccccc21. The molecule has 0 bridgehead atoms. The van der Waals surface area contributed by atoms with Gasteiger partial charge in [-0.15, -0.1) is 0 Å². The molecule has 0 aromatic heterocycles. The normalized spacial score (nSPS) is 19.9. The second kappa shape index (κ2) is 10.3. The molecule has 1 saturated heterocycles. The molecule has 0 radical (unpaired) electrons. The van der Waals surface area contributed by atoms with Crippen LogP contribution >= 0.6 is 0 Å². The van der Waals surface area contributed by atoms with Crippen LogP contribution in [0, 0.1) is 5.92 Å². The number of hydrogen-bond acceptors (Lipinski definition) is 5. The molecule has 1 heterocycles. The Morgan fingerprint density at radius 3 is 2.21 bits per heavy atom. The molecule has 8 heteroatoms. The minimum absolute atomic E-state index is 0.0385. The predicted molar refractivity (Wildman–Crippen MR) is 125 cm³/mol. The molecule has 3 atom stereocenters. The van der Waals surface area contributed by atoms with Gasteiger partial charge in [-0.25, -0.2) is 4.79 Å². The molecule has 1 fully saturated rings. The molecule has 1 aliphatic heterocycles. The molecule has 4 rings (SSSR count). The number of methoxy groups -OCH3 is 1. The van der Waals surface area contributed by atoms with E-state index in [0.29, 0.717) is 6.42 Å². The van der Waals surface area contributed by atoms with Crippen molar-refractivity contribution in [2.24, 2.45) is 5.92 Å². The van der Waals surface area contributed by atoms with E-state index in [1.165, 1.54) is 12.0 Å². The number of ether oxygens (including phenoxy) is 2. The first-order valence-corrected chi connectivity index (χ1v) is 11.6. The number of nitrogens with one attached hydrogen (secondary N) is 1. The van der Waals surface area contributed by atoms with Crippen molar-refractivity contribution in [1.82, 2.24) is 10.2 Å². The van der Waals surface area contributed by atoms with E-state index in [2.05, 4.69) is 29.6 Å². The molecule has 1 aliphatic carbocycles. The summed E-state index contributed by atoms with van der Waals surface area (Å²) in [5.41, 5.74) is 4.58. The van der Waals surface area contributed by atoms with E-state index in [9.17, 15) is 19.5 Å². The first kappa shape index (κ1) is 23.8. The third kappa shape index (κ3) is 4.77. The van der Waals surface area contributed by atoms with Gasteiger partial charge in [0.2, 0.25) is 5.91 Å². The van der Waals surface area contributed by atoms with Crippen LogP contribution in [-0.2, 0) is 19.1 Å². The van der Waals surface area contributed by atoms with E-state index in [-0.39, 0.29) is 37.9 Å². The Balaban J connectivity index is 1.33. The Morgan fingerprint density at radius 2 is 1.68 bits per heavy atom. The standard InChI is InChI=1S/C26H30N2O6/c1-3-16(12-24(29)28-13-21(25(30)31)23(14-28)33-2)27-26(32)34-15-22-19-10-6-4-8-17(19)18-9-5-7-11-20(18)22/h4-11,16,21-23H,3,12-15H2,1-2H3,(H,27,32)(H,30,31)/t16-,21?,23?/m0/s1. The number of hydrogen-bond donors (Lipinski definition) is 2. The Hall–Kier alpha value is -3.39. The fourth-order valence-corrected chi connectivity index (χ4v) is 4.90. The number of benzene rings is 2. The second-order valence-electron chi connectivity index (χ2n) is 8.80. The van der Waals surface area contributed by atoms with Crippen LogP contribution in [0.2, 0.25) is 0 Å². The van der Waals surface area contributed by atoms with Crippen LogP contribution in [0.15, 0.2) is 48.5 Å². The van der Waals surface area contributed by atoms with Gasteiger partial charge in [-0.1, -0.05) is 55.5 Å². The average Bonchev–Trinajstić information content (AvgIpc) is 3.42. The maximum atomic E-state index is 12.8. The highest BCUT2D eigenvalue weighted by Gasteiger charge is 2.40. The third-order valence-corrected chi connectivity index (χ3v) is 6.82. The fraction of sp³-hybridized carbons (Fsp3) is 0.423. The number of fused-ring (bicyclic) bond motifs is 3. The number of carbonyl (C=O) groups is 3. The van der Waals surface area contributed by atoms with Gasteiger partial charge >= 0.3 is 12.1 Å². The van der Waals surface area contributed by atoms with Gasteiger partial charge in [0, 0.05) is 38.6 Å². The summed E-state index contributed by atoms with van der Waals surface area (Å²) in [5.74, 6) is -1.98. The van der Waals surface area contributed by atoms with Gasteiger partial charge in [0.15, 0.2) is 0 Å². The number of nitrogens with zero attached hydrogens (tertiary/aromatic N) is 1. The van der Waals surface area contributed by atoms with E-state index in [1.54, 1.807) is 0 Å². The molecule has 2 N–H and O–H groups in total. The summed E-state index contributed by atoms with van der Waals surface area (Å²) < 4.78 is 10.8. The highest BCUT2D eigenvalue weighted by Crippen LogP contribution is 2.44. The fourth-order valence-electron chi connectivity index (χ4n) is 4.90. The van der Waals surface area contributed by atoms with Crippen molar-refractivity contribution in [3.8, 4) is 11.1 Å². The lowest BCUT2D eigenvalue weighted by molar-refractivity contribution is -0.144. The summed E-state index contributed by atoms with van der Waals surface area (Å²) in [7, 11) is 1.45. The largest absolute Gasteiger partial charge is 0.481 e. The van der Waals surface area contributed by atoms with Crippen molar-refractivity contribution in [2.75, 3.05) is 26.8 Å². The maximum absolute atomic E-state index is 12.8. The van der Waals surface area contributed by atoms with Crippen molar-refractivity contribution < 1.29 is 29.0 Å². The first-order chi connectivity index (χ1) is 16.4. The zero-order chi connectivity index (χ0) is 24.2. The number of alkyl carbamates (subject to hydrolysis) is 1. The Morgan fingerprint density at radius 1 is 1.06 bits per heavy atom. The summed E-state index contributed by atoms with van der Waals surface area (Å²) in [6.45, 7) is 2.41. The lowest BCUT2D eigenvalue weighted by atomic mass is 9.98. The van der Waals surface area contributed by atoms with Gasteiger partial charge in [-0.2, -0.15) is 0 Å². The lowest BCUT2D eigenvalue weighted by Gasteiger charge is -2.22. The van der Waals surface area contributed by atoms with Crippen molar-refractivity contribution >= 4 is 18.0 Å². The molecular formula is C26H30N2O6. The molecule has 0 spiro atoms. The van der Waals surface area contributed by atoms with E-state index < -0.39 is 30.1 Å². The van der Waals surface area contributed by atoms with Crippen LogP contribution in [0.5, 0.6) is 0 Å². The number of rotatable bonds is 8. The molecular weight excluding hydrogens is 436 g/mol. The summed E-state index contributed by atoms with van der Waals surface area (Å²) >= 11 is 0. The van der Waals surface area contributed by atoms with Gasteiger partial charge in [-0.3, -0.25) is 9.59 Å². The van der Waals surface area contributed by atoms with Crippen molar-refractivity contribution in [3.63, 3.8) is 0 Å². The highest BCUT2D eigenvalue weighted by atomic mass is 16.5. The molecule has 2 aromatic carbocycles. The number of carbonyl (C=O) groups excluding carboxylic acids is 2. The molecule has 8 nitrogen and oxygen atoms in total. The van der Waals surface area contributed by atoms with Gasteiger partial charge in [-0.05, 0) is 28.7 Å². The van der Waals surface area contributed by atoms with Crippen LogP contribution in [-0.4, -0.2) is 66.9 Å². The van der Waals surface area contributed by atoms with E-state index >= 15 is 0 Å². The third-order valence-electron chi connectivity index (χ3n) is 6.82. The van der Waals surface area contributed by atoms with Gasteiger partial charge in [0.05, 0.1) is 6.10 Å². The van der Waals surface area contributed by atoms with Gasteiger partial charge < -0.3 is 24.8 Å². The van der Waals surface area contributed by atoms with Crippen molar-refractivity contribution in [2.45, 2.75) is 37.8 Å². The minimum atomic E-state index is -0.981. The maximum Gasteiger partial charge on any atom is 0.407 e. The molecule has 34 heavy (non-hydrogen) atoms. The minimum Gasteiger partial charge on any atom is -0.481 e. The summed E-state index contributed by atoms with van der Waals surface area (Å²) in [4.78, 5) is 38.2. The Bertz CT molecular complexity index is 1030. The van der Waals surface area contributed by atoms with Crippen molar-refractivity contribution in [3.05, 3.63) is 59.7 Å². The highest BCUT2D eigenvalue weighted by molar-refractivity contribution is 5.81. The predicted octanol–water partition coefficient (Wildman–Crippen LogP) is 3.25. The average molecular weight is 467 g/mol. The summed E-state index contributed by atoms with van der Waals surface area (Å²) in [6, 6.07) is 15.8. The smallest absolute Gasteiger partial charge is 0.407 e. The Labute approximate surface area is 198 Å². The lowest BCUT2D eigenvalue weighted by Crippen LogP contribution is -2.40. The number of carboxylic acid groups (broad SMARTS) is 1. The monoisotopic (exact) mass is 466 g/mol. The molecule has 2 amide bonds. The number of carboxylic acids is 1. The van der Waals surface area contributed by atoms with Crippen LogP contribution in [0.25, 0.3) is 11.1 Å². The molecule has 2 aliphatic rings. The molecule has 0 saturated carbocycles. The molecule has 2 aromatic rings. The first-order valence-electron chi connectivity index (χ1n) is 11.6. The number of likely N-dealkylation sites (tertiary alicyclic amines) is 1. The number of amides is 2. The zero-order valence-corrected chi connectivity index (χ0v) is 19.4. The van der Waals surface area contributed by atoms with Crippen LogP contribution in [0.1, 0.15) is 36.8 Å². The van der Waals surface area contributed by atoms with E-state index in [4.69, 9.17) is 9.47 Å². The second-order valence-corrected chi connectivity index (χ2v) is 8.80. The quantitative estimate of drug-likeness (QED) is 0.619. The van der Waals surface area contributed by atoms with Crippen LogP contribution in [0.3, 0.4) is 0 Å². The summed E-state index contributed by atoms with van der Waals surface area (Å²) in [6.07, 6.45) is -0.485. The molecule has 2 unspecified atom stereocenters. The molecule has 180 valence electrons. The number of aliphatic carboxylic acids is 1. The van der Waals surface area contributed by atoms with Gasteiger partial charge in [0.1, 0.15) is 12.5 Å². The van der Waals surface area contributed by atoms with Crippen LogP contribution < -0.4 is 5.32 Å². The van der Waals surface area contributed by atoms with Crippen molar-refractivity contribution in [1.29, 1.82) is 0 Å². The van der Waals surface area contributed by atoms with E-state index in [0.717, 1.165) is 22.3 Å². The summed E-state index contributed by atoms with van der Waals surface area (Å²) in [5, 5.41) is 12.1. The van der Waals surface area contributed by atoms with Gasteiger partial charge in [0.25, 0.3) is 0 Å². The van der Waals surface area contributed by atoms with Crippen LogP contribution in [0.4, 0.5) is 4.79 Å². The van der Waals surface area contributed by atoms with E-state index in [1.807, 2.05) is 31.2 Å². The topological polar surface area (TPSA) is 105 Å².